The Morgan fingerprint density at radius 2 is 1.62 bits per heavy atom. The number of hydrogen-bond donors (Lipinski definition) is 2. The third kappa shape index (κ3) is 9.47. The fraction of sp³-hybridized carbons (Fsp3) is 0.267. The van der Waals surface area contributed by atoms with Crippen molar-refractivity contribution in [1.29, 1.82) is 0 Å². The molecule has 6 heterocycles. The molecule has 61 heavy (non-hydrogen) atoms. The zero-order valence-corrected chi connectivity index (χ0v) is 35.7. The molecule has 0 aliphatic carbocycles. The minimum atomic E-state index is -0.341. The number of hydrogen-bond acceptors (Lipinski definition) is 12. The van der Waals surface area contributed by atoms with E-state index < -0.39 is 0 Å². The molecule has 9 rings (SSSR count). The van der Waals surface area contributed by atoms with Gasteiger partial charge in [0.25, 0.3) is 0 Å². The largest absolute Gasteiger partial charge is 0.490 e. The van der Waals surface area contributed by atoms with E-state index in [1.807, 2.05) is 50.2 Å². The van der Waals surface area contributed by atoms with Crippen molar-refractivity contribution in [3.05, 3.63) is 118 Å². The van der Waals surface area contributed by atoms with Crippen molar-refractivity contribution >= 4 is 50.6 Å². The van der Waals surface area contributed by atoms with Gasteiger partial charge < -0.3 is 29.6 Å². The highest BCUT2D eigenvalue weighted by Gasteiger charge is 2.28. The van der Waals surface area contributed by atoms with Crippen molar-refractivity contribution in [3.63, 3.8) is 0 Å². The molecule has 4 aromatic heterocycles. The molecule has 0 fully saturated rings. The van der Waals surface area contributed by atoms with Crippen molar-refractivity contribution in [1.82, 2.24) is 30.2 Å². The van der Waals surface area contributed by atoms with Gasteiger partial charge in [-0.2, -0.15) is 0 Å². The molecule has 0 saturated carbocycles. The molecule has 0 spiro atoms. The van der Waals surface area contributed by atoms with Gasteiger partial charge in [-0.25, -0.2) is 29.3 Å². The SMILES string of the molecule is Cc1c(Cl)c2c(Cl)c(C)c1-c1c(-c3ccc(F)cc3)sc3ncnc(c13)OCCc1cc(ccc1OCc1ccnc(-c3ccc(NCCNCCCF)nc3)n1)OCCO2. The summed E-state index contributed by atoms with van der Waals surface area (Å²) in [6, 6.07) is 17.6. The van der Waals surface area contributed by atoms with E-state index in [9.17, 15) is 8.78 Å². The van der Waals surface area contributed by atoms with Crippen LogP contribution in [-0.4, -0.2) is 71.0 Å². The molecule has 3 aromatic carbocycles. The Balaban J connectivity index is 1.06. The summed E-state index contributed by atoms with van der Waals surface area (Å²) in [7, 11) is 0. The molecule has 2 aliphatic rings. The first-order valence-electron chi connectivity index (χ1n) is 19.7. The number of pyridine rings is 1. The number of nitrogens with zero attached hydrogens (tertiary/aromatic N) is 5. The number of alkyl halides is 1. The fourth-order valence-electron chi connectivity index (χ4n) is 7.04. The maximum atomic E-state index is 14.1. The Hall–Kier alpha value is -5.67. The molecule has 16 heteroatoms. The van der Waals surface area contributed by atoms with Crippen molar-refractivity contribution in [2.24, 2.45) is 0 Å². The van der Waals surface area contributed by atoms with Crippen LogP contribution in [0.4, 0.5) is 14.6 Å². The number of benzene rings is 3. The summed E-state index contributed by atoms with van der Waals surface area (Å²) in [6.45, 7) is 6.33. The van der Waals surface area contributed by atoms with Gasteiger partial charge in [-0.1, -0.05) is 35.3 Å². The fourth-order valence-corrected chi connectivity index (χ4v) is 8.72. The molecule has 0 radical (unpaired) electrons. The second kappa shape index (κ2) is 19.4. The van der Waals surface area contributed by atoms with Crippen molar-refractivity contribution in [2.45, 2.75) is 33.3 Å². The molecule has 2 N–H and O–H groups in total. The number of fused-ring (bicyclic) bond motifs is 7. The average molecular weight is 885 g/mol. The second-order valence-electron chi connectivity index (χ2n) is 14.1. The number of anilines is 1. The minimum absolute atomic E-state index is 0.175. The van der Waals surface area contributed by atoms with Gasteiger partial charge >= 0.3 is 0 Å². The highest BCUT2D eigenvalue weighted by atomic mass is 35.5. The van der Waals surface area contributed by atoms with Gasteiger partial charge in [-0.05, 0) is 97.6 Å². The summed E-state index contributed by atoms with van der Waals surface area (Å²) < 4.78 is 51.7. The molecule has 0 saturated heterocycles. The lowest BCUT2D eigenvalue weighted by Gasteiger charge is -2.20. The van der Waals surface area contributed by atoms with Crippen LogP contribution >= 0.6 is 34.5 Å². The quantitative estimate of drug-likeness (QED) is 0.114. The van der Waals surface area contributed by atoms with E-state index in [2.05, 4.69) is 30.6 Å². The molecular weight excluding hydrogens is 844 g/mol. The Morgan fingerprint density at radius 3 is 2.41 bits per heavy atom. The van der Waals surface area contributed by atoms with E-state index in [1.165, 1.54) is 29.8 Å². The first kappa shape index (κ1) is 42.0. The van der Waals surface area contributed by atoms with Crippen molar-refractivity contribution in [2.75, 3.05) is 51.4 Å². The summed E-state index contributed by atoms with van der Waals surface area (Å²) in [4.78, 5) is 24.5. The van der Waals surface area contributed by atoms with Gasteiger partial charge in [0.2, 0.25) is 5.88 Å². The first-order valence-corrected chi connectivity index (χ1v) is 21.3. The summed E-state index contributed by atoms with van der Waals surface area (Å²) >= 11 is 15.5. The standard InChI is InChI=1S/C45H41Cl2F2N7O4S/c1-26-36-27(2)40(47)41(39(26)46)58-21-20-57-33-9-10-34(60-24-32-12-16-52-43(56-32)30-6-11-35(53-23-30)51-18-17-50-15-3-14-48)29(22-33)13-19-59-44-38-37(36)42(61-45(38)55-25-54-44)28-4-7-31(49)8-5-28/h4-12,16,22-23,25,50H,3,13-15,17-21,24H2,1-2H3,(H,51,53). The zero-order valence-electron chi connectivity index (χ0n) is 33.4. The summed E-state index contributed by atoms with van der Waals surface area (Å²) in [5, 5.41) is 7.86. The van der Waals surface area contributed by atoms with Crippen molar-refractivity contribution in [3.8, 4) is 56.1 Å². The number of halogens is 4. The van der Waals surface area contributed by atoms with E-state index >= 15 is 0 Å². The maximum absolute atomic E-state index is 14.1. The van der Waals surface area contributed by atoms with Gasteiger partial charge in [-0.3, -0.25) is 4.39 Å². The van der Waals surface area contributed by atoms with Crippen LogP contribution in [0, 0.1) is 19.7 Å². The number of rotatable bonds is 12. The van der Waals surface area contributed by atoms with E-state index in [0.717, 1.165) is 49.6 Å². The topological polar surface area (TPSA) is 125 Å². The highest BCUT2D eigenvalue weighted by molar-refractivity contribution is 7.22. The third-order valence-corrected chi connectivity index (χ3v) is 12.1. The first-order chi connectivity index (χ1) is 29.8. The van der Waals surface area contributed by atoms with E-state index in [1.54, 1.807) is 24.5 Å². The van der Waals surface area contributed by atoms with E-state index in [4.69, 9.17) is 47.1 Å². The smallest absolute Gasteiger partial charge is 0.226 e. The average Bonchev–Trinajstić information content (AvgIpc) is 3.66. The van der Waals surface area contributed by atoms with Gasteiger partial charge in [-0.15, -0.1) is 11.3 Å². The Morgan fingerprint density at radius 1 is 0.820 bits per heavy atom. The van der Waals surface area contributed by atoms with Gasteiger partial charge in [0.1, 0.15) is 54.1 Å². The predicted octanol–water partition coefficient (Wildman–Crippen LogP) is 10.3. The Kier molecular flexibility index (Phi) is 13.3. The van der Waals surface area contributed by atoms with Crippen LogP contribution in [0.15, 0.2) is 79.4 Å². The van der Waals surface area contributed by atoms with Crippen LogP contribution < -0.4 is 29.6 Å². The lowest BCUT2D eigenvalue weighted by Crippen LogP contribution is -2.23. The van der Waals surface area contributed by atoms with Crippen LogP contribution in [0.1, 0.15) is 28.8 Å². The molecular formula is C45H41Cl2F2N7O4S. The number of thiophene rings is 1. The molecule has 0 unspecified atom stereocenters. The van der Waals surface area contributed by atoms with Gasteiger partial charge in [0.05, 0.1) is 34.4 Å². The van der Waals surface area contributed by atoms with Crippen LogP contribution in [0.25, 0.3) is 43.2 Å². The molecule has 7 aromatic rings. The van der Waals surface area contributed by atoms with E-state index in [-0.39, 0.29) is 38.9 Å². The zero-order chi connectivity index (χ0) is 42.3. The number of nitrogens with one attached hydrogen (secondary N) is 2. The second-order valence-corrected chi connectivity index (χ2v) is 15.9. The summed E-state index contributed by atoms with van der Waals surface area (Å²) in [6.07, 6.45) is 5.84. The highest BCUT2D eigenvalue weighted by Crippen LogP contribution is 2.52. The molecule has 314 valence electrons. The van der Waals surface area contributed by atoms with Crippen LogP contribution in [0.2, 0.25) is 10.0 Å². The molecule has 2 aliphatic heterocycles. The lowest BCUT2D eigenvalue weighted by atomic mass is 9.92. The minimum Gasteiger partial charge on any atom is -0.490 e. The Bertz CT molecular complexity index is 2620. The van der Waals surface area contributed by atoms with Crippen LogP contribution in [-0.2, 0) is 13.0 Å². The third-order valence-electron chi connectivity index (χ3n) is 10.1. The van der Waals surface area contributed by atoms with Crippen molar-refractivity contribution < 1.29 is 27.7 Å². The van der Waals surface area contributed by atoms with Gasteiger partial charge in [0, 0.05) is 53.5 Å². The lowest BCUT2D eigenvalue weighted by molar-refractivity contribution is 0.216. The number of ether oxygens (including phenoxy) is 4. The molecule has 4 bridgehead atoms. The van der Waals surface area contributed by atoms with Gasteiger partial charge in [0.15, 0.2) is 11.6 Å². The maximum Gasteiger partial charge on any atom is 0.226 e. The van der Waals surface area contributed by atoms with Crippen LogP contribution in [0.3, 0.4) is 0 Å². The van der Waals surface area contributed by atoms with Crippen LogP contribution in [0.5, 0.6) is 23.1 Å². The normalized spacial score (nSPS) is 12.7. The Labute approximate surface area is 365 Å². The molecule has 11 nitrogen and oxygen atoms in total. The molecule has 0 amide bonds. The molecule has 0 atom stereocenters. The number of aromatic nitrogens is 5. The summed E-state index contributed by atoms with van der Waals surface area (Å²) in [5.74, 6) is 2.89. The predicted molar refractivity (Wildman–Crippen MR) is 236 cm³/mol. The monoisotopic (exact) mass is 883 g/mol. The van der Waals surface area contributed by atoms with E-state index in [0.29, 0.717) is 87.4 Å². The summed E-state index contributed by atoms with van der Waals surface area (Å²) in [5.41, 5.74) is 6.15.